The Balaban J connectivity index is 1.79. The van der Waals surface area contributed by atoms with Crippen LogP contribution >= 0.6 is 19.8 Å². The molecule has 0 spiro atoms. The number of rotatable bonds is 12. The lowest BCUT2D eigenvalue weighted by atomic mass is 9.99. The second-order valence-electron chi connectivity index (χ2n) is 9.17. The number of ether oxygens (including phenoxy) is 2. The maximum absolute atomic E-state index is 15.4. The summed E-state index contributed by atoms with van der Waals surface area (Å²) in [6.07, 6.45) is -3.24. The van der Waals surface area contributed by atoms with Crippen LogP contribution in [0.5, 0.6) is 0 Å². The van der Waals surface area contributed by atoms with E-state index in [0.29, 0.717) is 17.9 Å². The number of imidazole rings is 1. The standard InChI is InChI=1S/C21H34ClFN7O6P/c1-6-7-29(5)16-14-17(27-20(24)26-16)30(10-25-14)18-13(23)15(31)21(8-22,36-18)9-34-37(33)28-12(4)19(32)35-11(2)3/h10-13,15,18,31,37H,6-9H2,1-5H3,(H,28,33)(H2,24,26,27)/t12-,13+,15-,18+,21+/m0/s1. The largest absolute Gasteiger partial charge is 0.462 e. The number of esters is 1. The number of nitrogens with zero attached hydrogens (tertiary/aromatic N) is 5. The highest BCUT2D eigenvalue weighted by molar-refractivity contribution is 7.36. The third-order valence-electron chi connectivity index (χ3n) is 5.80. The number of halogens is 2. The molecule has 2 aromatic heterocycles. The summed E-state index contributed by atoms with van der Waals surface area (Å²) in [5.41, 5.74) is 4.76. The van der Waals surface area contributed by atoms with Gasteiger partial charge >= 0.3 is 5.97 Å². The van der Waals surface area contributed by atoms with Crippen molar-refractivity contribution in [2.45, 2.75) is 70.4 Å². The van der Waals surface area contributed by atoms with Crippen molar-refractivity contribution in [3.63, 3.8) is 0 Å². The third-order valence-corrected chi connectivity index (χ3v) is 7.32. The van der Waals surface area contributed by atoms with Gasteiger partial charge in [0, 0.05) is 13.6 Å². The summed E-state index contributed by atoms with van der Waals surface area (Å²) in [6, 6.07) is -0.917. The Kier molecular flexibility index (Phi) is 9.70. The van der Waals surface area contributed by atoms with Crippen LogP contribution in [-0.2, 0) is 23.4 Å². The fraction of sp³-hybridized carbons (Fsp3) is 0.714. The minimum absolute atomic E-state index is 0.0390. The van der Waals surface area contributed by atoms with Crippen molar-refractivity contribution in [1.29, 1.82) is 0 Å². The summed E-state index contributed by atoms with van der Waals surface area (Å²) in [5.74, 6) is -0.553. The normalized spacial score (nSPS) is 25.5. The van der Waals surface area contributed by atoms with Crippen molar-refractivity contribution in [3.8, 4) is 0 Å². The predicted molar refractivity (Wildman–Crippen MR) is 137 cm³/mol. The third kappa shape index (κ3) is 6.32. The molecule has 1 fully saturated rings. The Bertz CT molecular complexity index is 1130. The molecular weight excluding hydrogens is 532 g/mol. The molecule has 4 N–H and O–H groups in total. The number of aromatic nitrogens is 4. The Morgan fingerprint density at radius 3 is 2.78 bits per heavy atom. The van der Waals surface area contributed by atoms with Gasteiger partial charge in [0.1, 0.15) is 17.7 Å². The van der Waals surface area contributed by atoms with Gasteiger partial charge in [-0.1, -0.05) is 6.92 Å². The lowest BCUT2D eigenvalue weighted by Crippen LogP contribution is -2.47. The molecule has 13 nitrogen and oxygen atoms in total. The van der Waals surface area contributed by atoms with Gasteiger partial charge in [-0.3, -0.25) is 13.9 Å². The molecular formula is C21H34ClFN7O6P. The van der Waals surface area contributed by atoms with E-state index in [1.165, 1.54) is 17.8 Å². The van der Waals surface area contributed by atoms with Gasteiger partial charge < -0.3 is 29.7 Å². The van der Waals surface area contributed by atoms with Crippen LogP contribution in [0.25, 0.3) is 11.2 Å². The minimum atomic E-state index is -3.01. The first-order chi connectivity index (χ1) is 17.4. The van der Waals surface area contributed by atoms with Crippen molar-refractivity contribution in [2.75, 3.05) is 36.7 Å². The van der Waals surface area contributed by atoms with Crippen molar-refractivity contribution < 1.29 is 32.9 Å². The van der Waals surface area contributed by atoms with Crippen LogP contribution in [0.4, 0.5) is 16.2 Å². The Morgan fingerprint density at radius 2 is 2.16 bits per heavy atom. The van der Waals surface area contributed by atoms with Crippen LogP contribution < -0.4 is 15.7 Å². The number of carbonyl (C=O) groups excluding carboxylic acids is 1. The highest BCUT2D eigenvalue weighted by Gasteiger charge is 2.56. The summed E-state index contributed by atoms with van der Waals surface area (Å²) in [6.45, 7) is 7.01. The first-order valence-corrected chi connectivity index (χ1v) is 13.7. The lowest BCUT2D eigenvalue weighted by molar-refractivity contribution is -0.149. The molecule has 208 valence electrons. The number of carbonyl (C=O) groups is 1. The van der Waals surface area contributed by atoms with Crippen LogP contribution in [0.15, 0.2) is 6.33 Å². The fourth-order valence-electron chi connectivity index (χ4n) is 3.91. The average molecular weight is 566 g/mol. The van der Waals surface area contributed by atoms with Crippen molar-refractivity contribution >= 4 is 48.7 Å². The van der Waals surface area contributed by atoms with E-state index in [1.807, 2.05) is 18.9 Å². The van der Waals surface area contributed by atoms with Crippen LogP contribution in [0, 0.1) is 0 Å². The summed E-state index contributed by atoms with van der Waals surface area (Å²) in [7, 11) is -1.18. The number of alkyl halides is 2. The molecule has 2 aromatic rings. The van der Waals surface area contributed by atoms with E-state index < -0.39 is 50.9 Å². The zero-order valence-corrected chi connectivity index (χ0v) is 23.1. The van der Waals surface area contributed by atoms with Crippen molar-refractivity contribution in [1.82, 2.24) is 24.6 Å². The molecule has 0 radical (unpaired) electrons. The number of hydrogen-bond acceptors (Lipinski definition) is 11. The summed E-state index contributed by atoms with van der Waals surface area (Å²) < 4.78 is 45.5. The van der Waals surface area contributed by atoms with Crippen molar-refractivity contribution in [3.05, 3.63) is 6.33 Å². The molecule has 1 saturated heterocycles. The SMILES string of the molecule is CCCN(C)c1nc(N)nc2c1ncn2[C@@H]1O[C@](CCl)(CO[PH](=O)N[C@@H](C)C(=O)OC(C)C)[C@@H](O)[C@H]1F. The Hall–Kier alpha value is -2.09. The van der Waals surface area contributed by atoms with E-state index in [4.69, 9.17) is 31.3 Å². The number of fused-ring (bicyclic) bond motifs is 1. The van der Waals surface area contributed by atoms with E-state index in [0.717, 1.165) is 6.42 Å². The first-order valence-electron chi connectivity index (χ1n) is 11.8. The van der Waals surface area contributed by atoms with Gasteiger partial charge in [0.05, 0.1) is 24.9 Å². The lowest BCUT2D eigenvalue weighted by Gasteiger charge is -2.29. The average Bonchev–Trinajstić information content (AvgIpc) is 3.36. The van der Waals surface area contributed by atoms with Gasteiger partial charge in [-0.15, -0.1) is 11.6 Å². The van der Waals surface area contributed by atoms with Crippen LogP contribution in [0.2, 0.25) is 0 Å². The van der Waals surface area contributed by atoms with Crippen LogP contribution in [-0.4, -0.2) is 86.7 Å². The van der Waals surface area contributed by atoms with Gasteiger partial charge in [-0.05, 0) is 27.2 Å². The molecule has 1 aliphatic rings. The maximum Gasteiger partial charge on any atom is 0.323 e. The summed E-state index contributed by atoms with van der Waals surface area (Å²) >= 11 is 6.10. The summed E-state index contributed by atoms with van der Waals surface area (Å²) in [4.78, 5) is 26.6. The number of anilines is 2. The number of nitrogens with one attached hydrogen (secondary N) is 1. The van der Waals surface area contributed by atoms with Crippen LogP contribution in [0.3, 0.4) is 0 Å². The number of aliphatic hydroxyl groups is 1. The number of aliphatic hydroxyl groups excluding tert-OH is 1. The minimum Gasteiger partial charge on any atom is -0.462 e. The molecule has 37 heavy (non-hydrogen) atoms. The van der Waals surface area contributed by atoms with Crippen LogP contribution in [0.1, 0.15) is 40.3 Å². The zero-order valence-electron chi connectivity index (χ0n) is 21.4. The molecule has 3 rings (SSSR count). The molecule has 0 aromatic carbocycles. The molecule has 0 saturated carbocycles. The topological polar surface area (TPSA) is 167 Å². The maximum atomic E-state index is 15.4. The van der Waals surface area contributed by atoms with E-state index >= 15 is 4.39 Å². The zero-order chi connectivity index (χ0) is 27.5. The number of nitrogens with two attached hydrogens (primary N) is 1. The smallest absolute Gasteiger partial charge is 0.323 e. The highest BCUT2D eigenvalue weighted by Crippen LogP contribution is 2.42. The number of nitrogen functional groups attached to an aromatic ring is 1. The van der Waals surface area contributed by atoms with Crippen molar-refractivity contribution in [2.24, 2.45) is 0 Å². The molecule has 0 bridgehead atoms. The van der Waals surface area contributed by atoms with Gasteiger partial charge in [-0.25, -0.2) is 14.5 Å². The molecule has 1 unspecified atom stereocenters. The quantitative estimate of drug-likeness (QED) is 0.194. The molecule has 1 aliphatic heterocycles. The van der Waals surface area contributed by atoms with E-state index in [9.17, 15) is 14.5 Å². The first kappa shape index (κ1) is 29.5. The predicted octanol–water partition coefficient (Wildman–Crippen LogP) is 1.80. The molecule has 3 heterocycles. The van der Waals surface area contributed by atoms with E-state index in [-0.39, 0.29) is 23.6 Å². The monoisotopic (exact) mass is 565 g/mol. The number of hydrogen-bond donors (Lipinski definition) is 3. The molecule has 16 heteroatoms. The highest BCUT2D eigenvalue weighted by atomic mass is 35.5. The molecule has 6 atom stereocenters. The second-order valence-corrected chi connectivity index (χ2v) is 10.6. The van der Waals surface area contributed by atoms with Gasteiger partial charge in [0.25, 0.3) is 8.18 Å². The molecule has 0 amide bonds. The molecule has 0 aliphatic carbocycles. The van der Waals surface area contributed by atoms with E-state index in [1.54, 1.807) is 13.8 Å². The fourth-order valence-corrected chi connectivity index (χ4v) is 5.14. The Labute approximate surface area is 219 Å². The second kappa shape index (κ2) is 12.2. The Morgan fingerprint density at radius 1 is 1.46 bits per heavy atom. The summed E-state index contributed by atoms with van der Waals surface area (Å²) in [5, 5.41) is 13.2. The van der Waals surface area contributed by atoms with Gasteiger partial charge in [0.15, 0.2) is 29.4 Å². The van der Waals surface area contributed by atoms with Gasteiger partial charge in [0.2, 0.25) is 5.95 Å². The van der Waals surface area contributed by atoms with Gasteiger partial charge in [-0.2, -0.15) is 9.97 Å². The van der Waals surface area contributed by atoms with E-state index in [2.05, 4.69) is 20.0 Å².